The van der Waals surface area contributed by atoms with E-state index in [0.717, 1.165) is 5.56 Å². The number of carbonyl (C=O) groups excluding carboxylic acids is 1. The summed E-state index contributed by atoms with van der Waals surface area (Å²) in [5.41, 5.74) is 4.91. The average Bonchev–Trinajstić information content (AvgIpc) is 3.26. The van der Waals surface area contributed by atoms with Crippen molar-refractivity contribution >= 4 is 27.3 Å². The molecule has 0 aliphatic heterocycles. The van der Waals surface area contributed by atoms with Crippen LogP contribution in [0.4, 0.5) is 5.69 Å². The van der Waals surface area contributed by atoms with Crippen molar-refractivity contribution in [3.63, 3.8) is 0 Å². The van der Waals surface area contributed by atoms with Gasteiger partial charge in [0, 0.05) is 17.2 Å². The van der Waals surface area contributed by atoms with Gasteiger partial charge in [0.25, 0.3) is 15.9 Å². The fraction of sp³-hybridized carbons (Fsp3) is 0.167. The van der Waals surface area contributed by atoms with Crippen molar-refractivity contribution < 1.29 is 27.8 Å². The molecule has 0 saturated carbocycles. The van der Waals surface area contributed by atoms with Crippen molar-refractivity contribution in [3.8, 4) is 17.2 Å². The molecule has 3 N–H and O–H groups in total. The number of aryl methyl sites for hydroxylation is 1. The SMILES string of the molecule is COc1ccc(OC)c(NS(=O)(=O)c2cccc(C(=O)N/N=C3\CCc4cccc(O)c43)c2)c1. The fourth-order valence-electron chi connectivity index (χ4n) is 3.70. The van der Waals surface area contributed by atoms with Crippen molar-refractivity contribution in [1.29, 1.82) is 0 Å². The number of ether oxygens (including phenoxy) is 2. The predicted molar refractivity (Wildman–Crippen MR) is 127 cm³/mol. The van der Waals surface area contributed by atoms with E-state index in [0.29, 0.717) is 35.6 Å². The molecule has 1 aliphatic carbocycles. The number of fused-ring (bicyclic) bond motifs is 1. The third-order valence-corrected chi connectivity index (χ3v) is 6.76. The predicted octanol–water partition coefficient (Wildman–Crippen LogP) is 3.29. The van der Waals surface area contributed by atoms with Crippen LogP contribution in [0.1, 0.15) is 27.9 Å². The number of amides is 1. The number of anilines is 1. The third-order valence-electron chi connectivity index (χ3n) is 5.40. The molecule has 1 aliphatic rings. The Balaban J connectivity index is 1.55. The summed E-state index contributed by atoms with van der Waals surface area (Å²) >= 11 is 0. The normalized spacial score (nSPS) is 13.9. The van der Waals surface area contributed by atoms with Crippen molar-refractivity contribution in [2.75, 3.05) is 18.9 Å². The molecule has 0 radical (unpaired) electrons. The Morgan fingerprint density at radius 3 is 2.56 bits per heavy atom. The number of nitrogens with one attached hydrogen (secondary N) is 2. The minimum Gasteiger partial charge on any atom is -0.507 e. The highest BCUT2D eigenvalue weighted by molar-refractivity contribution is 7.92. The van der Waals surface area contributed by atoms with E-state index < -0.39 is 15.9 Å². The number of aromatic hydroxyl groups is 1. The van der Waals surface area contributed by atoms with Crippen LogP contribution in [-0.2, 0) is 16.4 Å². The number of benzene rings is 3. The van der Waals surface area contributed by atoms with E-state index in [2.05, 4.69) is 15.2 Å². The summed E-state index contributed by atoms with van der Waals surface area (Å²) in [5.74, 6) is 0.293. The van der Waals surface area contributed by atoms with Crippen LogP contribution in [0.5, 0.6) is 17.2 Å². The van der Waals surface area contributed by atoms with Crippen LogP contribution in [0, 0.1) is 0 Å². The van der Waals surface area contributed by atoms with Gasteiger partial charge in [-0.25, -0.2) is 13.8 Å². The number of nitrogens with zero attached hydrogens (tertiary/aromatic N) is 1. The first-order chi connectivity index (χ1) is 16.3. The topological polar surface area (TPSA) is 126 Å². The van der Waals surface area contributed by atoms with Gasteiger partial charge < -0.3 is 14.6 Å². The number of phenolic OH excluding ortho intramolecular Hbond substituents is 1. The van der Waals surface area contributed by atoms with Gasteiger partial charge >= 0.3 is 0 Å². The number of sulfonamides is 1. The van der Waals surface area contributed by atoms with Gasteiger partial charge in [0.05, 0.1) is 30.5 Å². The Kier molecular flexibility index (Phi) is 6.42. The minimum atomic E-state index is -4.04. The average molecular weight is 482 g/mol. The molecule has 0 saturated heterocycles. The second-order valence-electron chi connectivity index (χ2n) is 7.51. The molecule has 0 fully saturated rings. The van der Waals surface area contributed by atoms with Gasteiger partial charge in [-0.1, -0.05) is 18.2 Å². The zero-order chi connectivity index (χ0) is 24.3. The van der Waals surface area contributed by atoms with Gasteiger partial charge in [-0.2, -0.15) is 5.10 Å². The smallest absolute Gasteiger partial charge is 0.271 e. The molecule has 3 aromatic carbocycles. The summed E-state index contributed by atoms with van der Waals surface area (Å²) in [6, 6.07) is 15.5. The number of phenols is 1. The first-order valence-electron chi connectivity index (χ1n) is 10.4. The summed E-state index contributed by atoms with van der Waals surface area (Å²) in [7, 11) is -1.14. The number of methoxy groups -OCH3 is 2. The lowest BCUT2D eigenvalue weighted by Gasteiger charge is -2.13. The molecular formula is C24H23N3O6S. The summed E-state index contributed by atoms with van der Waals surface area (Å²) < 4.78 is 38.8. The van der Waals surface area contributed by atoms with Crippen LogP contribution in [0.3, 0.4) is 0 Å². The van der Waals surface area contributed by atoms with Crippen LogP contribution in [0.2, 0.25) is 0 Å². The molecule has 9 nitrogen and oxygen atoms in total. The van der Waals surface area contributed by atoms with Crippen LogP contribution in [0.25, 0.3) is 0 Å². The molecule has 0 spiro atoms. The van der Waals surface area contributed by atoms with E-state index in [4.69, 9.17) is 9.47 Å². The van der Waals surface area contributed by atoms with Crippen molar-refractivity contribution in [2.45, 2.75) is 17.7 Å². The van der Waals surface area contributed by atoms with Gasteiger partial charge in [-0.15, -0.1) is 0 Å². The number of hydrazone groups is 1. The maximum Gasteiger partial charge on any atom is 0.271 e. The van der Waals surface area contributed by atoms with Gasteiger partial charge in [0.1, 0.15) is 17.2 Å². The molecule has 3 aromatic rings. The van der Waals surface area contributed by atoms with E-state index in [1.165, 1.54) is 44.6 Å². The van der Waals surface area contributed by atoms with Crippen molar-refractivity contribution in [3.05, 3.63) is 77.4 Å². The highest BCUT2D eigenvalue weighted by Crippen LogP contribution is 2.31. The monoisotopic (exact) mass is 481 g/mol. The Hall–Kier alpha value is -4.05. The molecule has 0 bridgehead atoms. The lowest BCUT2D eigenvalue weighted by Crippen LogP contribution is -2.20. The highest BCUT2D eigenvalue weighted by atomic mass is 32.2. The van der Waals surface area contributed by atoms with Gasteiger partial charge in [-0.05, 0) is 54.8 Å². The van der Waals surface area contributed by atoms with Crippen LogP contribution in [-0.4, -0.2) is 39.4 Å². The Labute approximate surface area is 197 Å². The molecular weight excluding hydrogens is 458 g/mol. The molecule has 0 aromatic heterocycles. The lowest BCUT2D eigenvalue weighted by atomic mass is 10.1. The number of rotatable bonds is 7. The van der Waals surface area contributed by atoms with Crippen LogP contribution >= 0.6 is 0 Å². The first-order valence-corrected chi connectivity index (χ1v) is 11.8. The first kappa shape index (κ1) is 23.1. The van der Waals surface area contributed by atoms with Gasteiger partial charge in [0.2, 0.25) is 0 Å². The van der Waals surface area contributed by atoms with Gasteiger partial charge in [0.15, 0.2) is 0 Å². The molecule has 1 amide bonds. The van der Waals surface area contributed by atoms with E-state index in [9.17, 15) is 18.3 Å². The summed E-state index contributed by atoms with van der Waals surface area (Å²) in [6.07, 6.45) is 1.29. The molecule has 0 unspecified atom stereocenters. The second-order valence-corrected chi connectivity index (χ2v) is 9.19. The standard InChI is InChI=1S/C24H23N3O6S/c1-32-17-10-12-22(33-2)20(14-17)27-34(30,31)18-7-3-6-16(13-18)24(29)26-25-19-11-9-15-5-4-8-21(28)23(15)19/h3-8,10,12-14,27-28H,9,11H2,1-2H3,(H,26,29)/b25-19+. The summed E-state index contributed by atoms with van der Waals surface area (Å²) in [5, 5.41) is 14.3. The molecule has 34 heavy (non-hydrogen) atoms. The maximum atomic E-state index is 13.0. The van der Waals surface area contributed by atoms with E-state index in [-0.39, 0.29) is 21.9 Å². The van der Waals surface area contributed by atoms with E-state index in [1.54, 1.807) is 24.3 Å². The van der Waals surface area contributed by atoms with Crippen molar-refractivity contribution in [1.82, 2.24) is 5.43 Å². The maximum absolute atomic E-state index is 13.0. The number of hydrogen-bond donors (Lipinski definition) is 3. The quantitative estimate of drug-likeness (QED) is 0.445. The minimum absolute atomic E-state index is 0.107. The summed E-state index contributed by atoms with van der Waals surface area (Å²) in [6.45, 7) is 0. The third kappa shape index (κ3) is 4.67. The zero-order valence-corrected chi connectivity index (χ0v) is 19.3. The fourth-order valence-corrected chi connectivity index (χ4v) is 4.81. The number of hydrogen-bond acceptors (Lipinski definition) is 7. The number of carbonyl (C=O) groups is 1. The van der Waals surface area contributed by atoms with Crippen LogP contribution < -0.4 is 19.6 Å². The Bertz CT molecular complexity index is 1390. The Morgan fingerprint density at radius 1 is 1.00 bits per heavy atom. The largest absolute Gasteiger partial charge is 0.507 e. The molecule has 4 rings (SSSR count). The molecule has 10 heteroatoms. The summed E-state index contributed by atoms with van der Waals surface area (Å²) in [4.78, 5) is 12.6. The second kappa shape index (κ2) is 9.44. The van der Waals surface area contributed by atoms with E-state index in [1.807, 2.05) is 6.07 Å². The zero-order valence-electron chi connectivity index (χ0n) is 18.5. The lowest BCUT2D eigenvalue weighted by molar-refractivity contribution is 0.0954. The molecule has 0 atom stereocenters. The Morgan fingerprint density at radius 2 is 1.79 bits per heavy atom. The van der Waals surface area contributed by atoms with Crippen LogP contribution in [0.15, 0.2) is 70.7 Å². The molecule has 176 valence electrons. The highest BCUT2D eigenvalue weighted by Gasteiger charge is 2.22. The van der Waals surface area contributed by atoms with Gasteiger partial charge in [-0.3, -0.25) is 9.52 Å². The molecule has 0 heterocycles. The van der Waals surface area contributed by atoms with Crippen molar-refractivity contribution in [2.24, 2.45) is 5.10 Å². The van der Waals surface area contributed by atoms with E-state index >= 15 is 0 Å².